The van der Waals surface area contributed by atoms with Crippen LogP contribution in [0.2, 0.25) is 0 Å². The van der Waals surface area contributed by atoms with E-state index < -0.39 is 0 Å². The molecule has 76 valence electrons. The lowest BCUT2D eigenvalue weighted by molar-refractivity contribution is 0.220. The Bertz CT molecular complexity index is 188. The zero-order chi connectivity index (χ0) is 10.1. The summed E-state index contributed by atoms with van der Waals surface area (Å²) in [5.41, 5.74) is 1.78. The molecule has 0 N–H and O–H groups in total. The van der Waals surface area contributed by atoms with Gasteiger partial charge < -0.3 is 4.90 Å². The first-order valence-corrected chi connectivity index (χ1v) is 5.34. The first-order valence-electron chi connectivity index (χ1n) is 5.34. The highest BCUT2D eigenvalue weighted by molar-refractivity contribution is 5.01. The lowest BCUT2D eigenvalue weighted by atomic mass is 9.88. The predicted molar refractivity (Wildman–Crippen MR) is 58.6 cm³/mol. The molecule has 13 heavy (non-hydrogen) atoms. The Morgan fingerprint density at radius 1 is 1.46 bits per heavy atom. The zero-order valence-electron chi connectivity index (χ0n) is 9.56. The average Bonchev–Trinajstić information content (AvgIpc) is 2.30. The third-order valence-corrected chi connectivity index (χ3v) is 2.71. The first-order chi connectivity index (χ1) is 5.90. The van der Waals surface area contributed by atoms with E-state index in [0.29, 0.717) is 11.5 Å². The fraction of sp³-hybridized carbons (Fsp3) is 0.833. The molecule has 0 aliphatic carbocycles. The van der Waals surface area contributed by atoms with E-state index in [0.717, 1.165) is 0 Å². The quantitative estimate of drug-likeness (QED) is 0.631. The fourth-order valence-corrected chi connectivity index (χ4v) is 2.28. The second kappa shape index (κ2) is 3.73. The third kappa shape index (κ3) is 3.06. The molecule has 1 unspecified atom stereocenters. The molecule has 1 aliphatic heterocycles. The summed E-state index contributed by atoms with van der Waals surface area (Å²) >= 11 is 0. The van der Waals surface area contributed by atoms with E-state index in [1.165, 1.54) is 31.5 Å². The molecule has 1 nitrogen and oxygen atoms in total. The topological polar surface area (TPSA) is 3.24 Å². The number of rotatable bonds is 2. The second-order valence-corrected chi connectivity index (χ2v) is 5.48. The first kappa shape index (κ1) is 10.6. The van der Waals surface area contributed by atoms with Crippen molar-refractivity contribution in [3.8, 4) is 0 Å². The second-order valence-electron chi connectivity index (χ2n) is 5.48. The Hall–Kier alpha value is -0.460. The number of allylic oxidation sites excluding steroid dienone is 1. The molecule has 1 fully saturated rings. The van der Waals surface area contributed by atoms with E-state index in [-0.39, 0.29) is 0 Å². The maximum atomic E-state index is 4.11. The van der Waals surface area contributed by atoms with E-state index >= 15 is 0 Å². The molecule has 0 bridgehead atoms. The molecule has 0 radical (unpaired) electrons. The lowest BCUT2D eigenvalue weighted by Gasteiger charge is -2.32. The summed E-state index contributed by atoms with van der Waals surface area (Å²) in [4.78, 5) is 2.48. The maximum Gasteiger partial charge on any atom is 0.0263 e. The Morgan fingerprint density at radius 2 is 2.08 bits per heavy atom. The van der Waals surface area contributed by atoms with Gasteiger partial charge in [0.05, 0.1) is 0 Å². The van der Waals surface area contributed by atoms with Crippen molar-refractivity contribution in [2.24, 2.45) is 5.41 Å². The molecule has 0 aromatic carbocycles. The summed E-state index contributed by atoms with van der Waals surface area (Å²) in [6.45, 7) is 14.6. The minimum atomic E-state index is 0.433. The Balaban J connectivity index is 2.47. The molecule has 1 aliphatic rings. The van der Waals surface area contributed by atoms with E-state index in [2.05, 4.69) is 39.2 Å². The molecule has 0 amide bonds. The summed E-state index contributed by atoms with van der Waals surface area (Å²) < 4.78 is 0. The number of likely N-dealkylation sites (tertiary alicyclic amines) is 1. The van der Waals surface area contributed by atoms with Crippen molar-refractivity contribution in [1.29, 1.82) is 0 Å². The SMILES string of the molecule is C=C1CCCN1C(C)CC(C)(C)C. The van der Waals surface area contributed by atoms with Crippen molar-refractivity contribution in [2.45, 2.75) is 53.0 Å². The van der Waals surface area contributed by atoms with E-state index in [9.17, 15) is 0 Å². The van der Waals surface area contributed by atoms with Gasteiger partial charge in [0.15, 0.2) is 0 Å². The summed E-state index contributed by atoms with van der Waals surface area (Å²) in [6.07, 6.45) is 3.76. The van der Waals surface area contributed by atoms with Crippen LogP contribution in [-0.2, 0) is 0 Å². The summed E-state index contributed by atoms with van der Waals surface area (Å²) in [5.74, 6) is 0. The van der Waals surface area contributed by atoms with Gasteiger partial charge in [-0.05, 0) is 31.6 Å². The third-order valence-electron chi connectivity index (χ3n) is 2.71. The molecule has 1 saturated heterocycles. The van der Waals surface area contributed by atoms with Gasteiger partial charge in [0.25, 0.3) is 0 Å². The molecule has 0 aromatic rings. The maximum absolute atomic E-state index is 4.11. The summed E-state index contributed by atoms with van der Waals surface area (Å²) in [7, 11) is 0. The van der Waals surface area contributed by atoms with Gasteiger partial charge in [-0.1, -0.05) is 27.4 Å². The van der Waals surface area contributed by atoms with Crippen LogP contribution in [0.15, 0.2) is 12.3 Å². The van der Waals surface area contributed by atoms with Crippen LogP contribution in [0.25, 0.3) is 0 Å². The standard InChI is InChI=1S/C12H23N/c1-10-7-6-8-13(10)11(2)9-12(3,4)5/h11H,1,6-9H2,2-5H3. The average molecular weight is 181 g/mol. The highest BCUT2D eigenvalue weighted by Gasteiger charge is 2.24. The Morgan fingerprint density at radius 3 is 2.46 bits per heavy atom. The van der Waals surface area contributed by atoms with Gasteiger partial charge in [0.2, 0.25) is 0 Å². The highest BCUT2D eigenvalue weighted by atomic mass is 15.2. The predicted octanol–water partition coefficient (Wildman–Crippen LogP) is 3.42. The normalized spacial score (nSPS) is 20.9. The van der Waals surface area contributed by atoms with Crippen molar-refractivity contribution >= 4 is 0 Å². The van der Waals surface area contributed by atoms with Crippen LogP contribution >= 0.6 is 0 Å². The van der Waals surface area contributed by atoms with E-state index in [1.807, 2.05) is 0 Å². The highest BCUT2D eigenvalue weighted by Crippen LogP contribution is 2.29. The molecule has 1 atom stereocenters. The Kier molecular flexibility index (Phi) is 3.05. The fourth-order valence-electron chi connectivity index (χ4n) is 2.28. The van der Waals surface area contributed by atoms with Gasteiger partial charge in [-0.25, -0.2) is 0 Å². The van der Waals surface area contributed by atoms with Crippen LogP contribution in [0, 0.1) is 5.41 Å². The van der Waals surface area contributed by atoms with Crippen LogP contribution in [0.4, 0.5) is 0 Å². The van der Waals surface area contributed by atoms with Gasteiger partial charge in [0, 0.05) is 18.3 Å². The minimum Gasteiger partial charge on any atom is -0.373 e. The Labute approximate surface area is 82.8 Å². The molecular weight excluding hydrogens is 158 g/mol. The molecular formula is C12H23N. The van der Waals surface area contributed by atoms with Crippen LogP contribution in [0.3, 0.4) is 0 Å². The van der Waals surface area contributed by atoms with Gasteiger partial charge in [-0.2, -0.15) is 0 Å². The van der Waals surface area contributed by atoms with Gasteiger partial charge in [0.1, 0.15) is 0 Å². The van der Waals surface area contributed by atoms with Crippen molar-refractivity contribution < 1.29 is 0 Å². The zero-order valence-corrected chi connectivity index (χ0v) is 9.56. The summed E-state index contributed by atoms with van der Waals surface area (Å²) in [5, 5.41) is 0. The number of hydrogen-bond acceptors (Lipinski definition) is 1. The van der Waals surface area contributed by atoms with Gasteiger partial charge in [-0.15, -0.1) is 0 Å². The van der Waals surface area contributed by atoms with Crippen LogP contribution < -0.4 is 0 Å². The monoisotopic (exact) mass is 181 g/mol. The van der Waals surface area contributed by atoms with Gasteiger partial charge >= 0.3 is 0 Å². The van der Waals surface area contributed by atoms with Crippen LogP contribution in [0.5, 0.6) is 0 Å². The molecule has 0 aromatic heterocycles. The largest absolute Gasteiger partial charge is 0.373 e. The van der Waals surface area contributed by atoms with Crippen LogP contribution in [0.1, 0.15) is 47.0 Å². The molecule has 0 saturated carbocycles. The van der Waals surface area contributed by atoms with Crippen molar-refractivity contribution in [3.05, 3.63) is 12.3 Å². The number of hydrogen-bond donors (Lipinski definition) is 0. The minimum absolute atomic E-state index is 0.433. The molecule has 1 rings (SSSR count). The van der Waals surface area contributed by atoms with Crippen LogP contribution in [-0.4, -0.2) is 17.5 Å². The molecule has 1 heterocycles. The molecule has 1 heteroatoms. The number of nitrogens with zero attached hydrogens (tertiary/aromatic N) is 1. The van der Waals surface area contributed by atoms with Crippen molar-refractivity contribution in [2.75, 3.05) is 6.54 Å². The van der Waals surface area contributed by atoms with E-state index in [1.54, 1.807) is 0 Å². The van der Waals surface area contributed by atoms with Gasteiger partial charge in [-0.3, -0.25) is 0 Å². The lowest BCUT2D eigenvalue weighted by Crippen LogP contribution is -2.32. The van der Waals surface area contributed by atoms with E-state index in [4.69, 9.17) is 0 Å². The van der Waals surface area contributed by atoms with Crippen molar-refractivity contribution in [3.63, 3.8) is 0 Å². The smallest absolute Gasteiger partial charge is 0.0263 e. The molecule has 0 spiro atoms. The summed E-state index contributed by atoms with van der Waals surface area (Å²) in [6, 6.07) is 0.662. The van der Waals surface area contributed by atoms with Crippen molar-refractivity contribution in [1.82, 2.24) is 4.90 Å².